The van der Waals surface area contributed by atoms with Crippen molar-refractivity contribution in [2.45, 2.75) is 25.8 Å². The third-order valence-electron chi connectivity index (χ3n) is 5.17. The Morgan fingerprint density at radius 3 is 2.29 bits per heavy atom. The molecule has 0 saturated carbocycles. The van der Waals surface area contributed by atoms with Crippen LogP contribution in [0.25, 0.3) is 11.1 Å². The maximum absolute atomic E-state index is 12.6. The SMILES string of the molecule is CCN[C@H]1CCc2cc(OC)c(OC)c(OC)c2-c2ccc(OC)c(=O)cc21. The monoisotopic (exact) mass is 385 g/mol. The van der Waals surface area contributed by atoms with Crippen molar-refractivity contribution in [1.29, 1.82) is 0 Å². The minimum absolute atomic E-state index is 0.0407. The number of nitrogens with one attached hydrogen (secondary N) is 1. The summed E-state index contributed by atoms with van der Waals surface area (Å²) in [5, 5.41) is 3.51. The van der Waals surface area contributed by atoms with Gasteiger partial charge in [0.15, 0.2) is 17.2 Å². The van der Waals surface area contributed by atoms with Crippen molar-refractivity contribution in [2.24, 2.45) is 0 Å². The van der Waals surface area contributed by atoms with E-state index in [1.807, 2.05) is 12.1 Å². The van der Waals surface area contributed by atoms with Crippen LogP contribution in [0.15, 0.2) is 29.1 Å². The van der Waals surface area contributed by atoms with Gasteiger partial charge in [0, 0.05) is 11.6 Å². The molecule has 28 heavy (non-hydrogen) atoms. The molecule has 0 fully saturated rings. The molecule has 150 valence electrons. The van der Waals surface area contributed by atoms with Crippen LogP contribution in [0.4, 0.5) is 0 Å². The third-order valence-corrected chi connectivity index (χ3v) is 5.17. The molecular formula is C22H27NO5. The predicted octanol–water partition coefficient (Wildman–Crippen LogP) is 3.35. The van der Waals surface area contributed by atoms with Gasteiger partial charge in [0.05, 0.1) is 28.4 Å². The molecule has 1 aliphatic carbocycles. The minimum atomic E-state index is -0.144. The molecular weight excluding hydrogens is 358 g/mol. The highest BCUT2D eigenvalue weighted by atomic mass is 16.5. The summed E-state index contributed by atoms with van der Waals surface area (Å²) in [5.74, 6) is 2.08. The Morgan fingerprint density at radius 2 is 1.68 bits per heavy atom. The van der Waals surface area contributed by atoms with Crippen molar-refractivity contribution in [3.05, 3.63) is 45.6 Å². The Balaban J connectivity index is 2.41. The van der Waals surface area contributed by atoms with E-state index in [9.17, 15) is 4.79 Å². The summed E-state index contributed by atoms with van der Waals surface area (Å²) in [6.45, 7) is 2.86. The summed E-state index contributed by atoms with van der Waals surface area (Å²) >= 11 is 0. The van der Waals surface area contributed by atoms with E-state index in [2.05, 4.69) is 12.2 Å². The lowest BCUT2D eigenvalue weighted by molar-refractivity contribution is 0.324. The molecule has 0 radical (unpaired) electrons. The van der Waals surface area contributed by atoms with E-state index in [0.29, 0.717) is 23.0 Å². The highest BCUT2D eigenvalue weighted by Gasteiger charge is 2.28. The van der Waals surface area contributed by atoms with Gasteiger partial charge >= 0.3 is 0 Å². The summed E-state index contributed by atoms with van der Waals surface area (Å²) in [6, 6.07) is 7.36. The van der Waals surface area contributed by atoms with E-state index in [1.54, 1.807) is 33.5 Å². The van der Waals surface area contributed by atoms with Gasteiger partial charge in [0.2, 0.25) is 11.2 Å². The molecule has 0 spiro atoms. The molecule has 0 bridgehead atoms. The van der Waals surface area contributed by atoms with Crippen LogP contribution in [0.1, 0.15) is 30.5 Å². The van der Waals surface area contributed by atoms with Crippen LogP contribution in [0, 0.1) is 0 Å². The molecule has 0 aliphatic heterocycles. The quantitative estimate of drug-likeness (QED) is 0.823. The Morgan fingerprint density at radius 1 is 0.964 bits per heavy atom. The summed E-state index contributed by atoms with van der Waals surface area (Å²) in [5.41, 5.74) is 3.73. The fraction of sp³-hybridized carbons (Fsp3) is 0.409. The number of rotatable bonds is 6. The lowest BCUT2D eigenvalue weighted by atomic mass is 9.95. The Kier molecular flexibility index (Phi) is 6.09. The van der Waals surface area contributed by atoms with Crippen LogP contribution >= 0.6 is 0 Å². The Bertz CT molecular complexity index is 926. The minimum Gasteiger partial charge on any atom is -0.493 e. The molecule has 1 aliphatic rings. The van der Waals surface area contributed by atoms with Gasteiger partial charge in [-0.2, -0.15) is 0 Å². The molecule has 1 atom stereocenters. The van der Waals surface area contributed by atoms with Crippen LogP contribution in [-0.2, 0) is 6.42 Å². The molecule has 0 heterocycles. The number of hydrogen-bond donors (Lipinski definition) is 1. The summed E-state index contributed by atoms with van der Waals surface area (Å²) < 4.78 is 22.2. The zero-order valence-corrected chi connectivity index (χ0v) is 17.0. The highest BCUT2D eigenvalue weighted by Crippen LogP contribution is 2.50. The molecule has 2 aromatic rings. The van der Waals surface area contributed by atoms with Crippen LogP contribution in [0.3, 0.4) is 0 Å². The van der Waals surface area contributed by atoms with E-state index in [0.717, 1.165) is 41.6 Å². The second-order valence-corrected chi connectivity index (χ2v) is 6.61. The number of benzene rings is 1. The first kappa shape index (κ1) is 20.0. The fourth-order valence-corrected chi connectivity index (χ4v) is 3.93. The van der Waals surface area contributed by atoms with Crippen molar-refractivity contribution < 1.29 is 18.9 Å². The van der Waals surface area contributed by atoms with Crippen molar-refractivity contribution >= 4 is 0 Å². The Labute approximate surface area is 165 Å². The van der Waals surface area contributed by atoms with Gasteiger partial charge in [0.25, 0.3) is 0 Å². The van der Waals surface area contributed by atoms with Gasteiger partial charge in [0.1, 0.15) is 0 Å². The van der Waals surface area contributed by atoms with E-state index in [4.69, 9.17) is 18.9 Å². The first-order valence-corrected chi connectivity index (χ1v) is 9.37. The molecule has 0 unspecified atom stereocenters. The van der Waals surface area contributed by atoms with E-state index in [-0.39, 0.29) is 11.5 Å². The first-order chi connectivity index (χ1) is 13.6. The lowest BCUT2D eigenvalue weighted by Gasteiger charge is -2.19. The summed E-state index contributed by atoms with van der Waals surface area (Å²) in [7, 11) is 6.33. The lowest BCUT2D eigenvalue weighted by Crippen LogP contribution is -2.21. The average Bonchev–Trinajstić information content (AvgIpc) is 2.95. The van der Waals surface area contributed by atoms with Crippen molar-refractivity contribution in [3.63, 3.8) is 0 Å². The zero-order chi connectivity index (χ0) is 20.3. The Hall–Kier alpha value is -2.73. The smallest absolute Gasteiger partial charge is 0.220 e. The second-order valence-electron chi connectivity index (χ2n) is 6.61. The van der Waals surface area contributed by atoms with Crippen molar-refractivity contribution in [2.75, 3.05) is 35.0 Å². The maximum Gasteiger partial charge on any atom is 0.220 e. The van der Waals surface area contributed by atoms with Gasteiger partial charge < -0.3 is 24.3 Å². The zero-order valence-electron chi connectivity index (χ0n) is 17.0. The normalized spacial score (nSPS) is 15.1. The van der Waals surface area contributed by atoms with Crippen LogP contribution < -0.4 is 29.7 Å². The molecule has 3 rings (SSSR count). The summed E-state index contributed by atoms with van der Waals surface area (Å²) in [4.78, 5) is 12.6. The van der Waals surface area contributed by atoms with Gasteiger partial charge in [-0.3, -0.25) is 4.79 Å². The van der Waals surface area contributed by atoms with E-state index >= 15 is 0 Å². The van der Waals surface area contributed by atoms with Gasteiger partial charge in [-0.25, -0.2) is 0 Å². The van der Waals surface area contributed by atoms with Gasteiger partial charge in [-0.1, -0.05) is 13.0 Å². The topological polar surface area (TPSA) is 66.0 Å². The number of ether oxygens (including phenoxy) is 4. The standard InChI is InChI=1S/C22H27NO5/c1-6-23-16-9-7-13-11-19(26-3)21(27-4)22(28-5)20(13)14-8-10-18(25-2)17(24)12-15(14)16/h8,10-12,16,23H,6-7,9H2,1-5H3/t16-/m0/s1. The number of hydrogen-bond acceptors (Lipinski definition) is 6. The molecule has 6 heteroatoms. The molecule has 0 saturated heterocycles. The number of aryl methyl sites for hydroxylation is 1. The molecule has 1 N–H and O–H groups in total. The van der Waals surface area contributed by atoms with E-state index in [1.165, 1.54) is 7.11 Å². The van der Waals surface area contributed by atoms with Crippen molar-refractivity contribution in [3.8, 4) is 34.1 Å². The largest absolute Gasteiger partial charge is 0.493 e. The third kappa shape index (κ3) is 3.40. The second kappa shape index (κ2) is 8.52. The summed E-state index contributed by atoms with van der Waals surface area (Å²) in [6.07, 6.45) is 1.66. The predicted molar refractivity (Wildman–Crippen MR) is 109 cm³/mol. The number of methoxy groups -OCH3 is 4. The average molecular weight is 385 g/mol. The van der Waals surface area contributed by atoms with Crippen LogP contribution in [-0.4, -0.2) is 35.0 Å². The fourth-order valence-electron chi connectivity index (χ4n) is 3.93. The van der Waals surface area contributed by atoms with E-state index < -0.39 is 0 Å². The number of fused-ring (bicyclic) bond motifs is 3. The van der Waals surface area contributed by atoms with Crippen LogP contribution in [0.5, 0.6) is 23.0 Å². The highest BCUT2D eigenvalue weighted by molar-refractivity contribution is 5.82. The molecule has 6 nitrogen and oxygen atoms in total. The van der Waals surface area contributed by atoms with Crippen molar-refractivity contribution in [1.82, 2.24) is 5.32 Å². The molecule has 2 aromatic carbocycles. The van der Waals surface area contributed by atoms with Gasteiger partial charge in [-0.15, -0.1) is 0 Å². The molecule has 0 amide bonds. The van der Waals surface area contributed by atoms with Crippen LogP contribution in [0.2, 0.25) is 0 Å². The van der Waals surface area contributed by atoms with Gasteiger partial charge in [-0.05, 0) is 54.3 Å². The maximum atomic E-state index is 12.6. The molecule has 0 aromatic heterocycles. The first-order valence-electron chi connectivity index (χ1n) is 9.37.